The standard InChI is InChI=1S/C21H22ClN3O2S/c1-13-19(28-14(2)24-13)21(26)25-8-4-6-16(12-25)20-23-11-18(27-20)10-15-5-3-7-17(22)9-15/h3,5,7,9,11,16H,4,6,8,10,12H2,1-2H3. The minimum absolute atomic E-state index is 0.0681. The molecule has 1 fully saturated rings. The van der Waals surface area contributed by atoms with E-state index in [4.69, 9.17) is 16.0 Å². The summed E-state index contributed by atoms with van der Waals surface area (Å²) < 4.78 is 6.03. The first-order valence-electron chi connectivity index (χ1n) is 9.42. The molecule has 1 aromatic carbocycles. The highest BCUT2D eigenvalue weighted by molar-refractivity contribution is 7.13. The van der Waals surface area contributed by atoms with Crippen LogP contribution in [0, 0.1) is 13.8 Å². The zero-order valence-corrected chi connectivity index (χ0v) is 17.5. The van der Waals surface area contributed by atoms with Crippen LogP contribution in [0.25, 0.3) is 0 Å². The van der Waals surface area contributed by atoms with E-state index in [2.05, 4.69) is 9.97 Å². The molecule has 1 aliphatic heterocycles. The van der Waals surface area contributed by atoms with Crippen LogP contribution in [0.2, 0.25) is 5.02 Å². The molecule has 3 heterocycles. The molecule has 1 aliphatic rings. The minimum Gasteiger partial charge on any atom is -0.445 e. The van der Waals surface area contributed by atoms with Crippen molar-refractivity contribution in [3.63, 3.8) is 0 Å². The molecule has 1 atom stereocenters. The number of piperidine rings is 1. The van der Waals surface area contributed by atoms with E-state index in [1.807, 2.05) is 43.0 Å². The molecule has 0 saturated carbocycles. The number of halogens is 1. The summed E-state index contributed by atoms with van der Waals surface area (Å²) in [6, 6.07) is 7.75. The second-order valence-corrected chi connectivity index (χ2v) is 8.85. The Morgan fingerprint density at radius 1 is 1.39 bits per heavy atom. The number of aryl methyl sites for hydroxylation is 2. The number of carbonyl (C=O) groups excluding carboxylic acids is 1. The third-order valence-electron chi connectivity index (χ3n) is 4.99. The first kappa shape index (κ1) is 19.2. The van der Waals surface area contributed by atoms with Crippen molar-refractivity contribution in [2.24, 2.45) is 0 Å². The Kier molecular flexibility index (Phi) is 5.51. The highest BCUT2D eigenvalue weighted by atomic mass is 35.5. The largest absolute Gasteiger partial charge is 0.445 e. The average molecular weight is 416 g/mol. The van der Waals surface area contributed by atoms with Crippen LogP contribution in [0.1, 0.15) is 56.3 Å². The molecule has 1 saturated heterocycles. The Morgan fingerprint density at radius 3 is 3.00 bits per heavy atom. The van der Waals surface area contributed by atoms with Crippen molar-refractivity contribution in [2.45, 2.75) is 39.0 Å². The molecule has 4 rings (SSSR count). The lowest BCUT2D eigenvalue weighted by Gasteiger charge is -2.31. The van der Waals surface area contributed by atoms with E-state index in [1.165, 1.54) is 11.3 Å². The molecule has 3 aromatic rings. The molecule has 7 heteroatoms. The van der Waals surface area contributed by atoms with Gasteiger partial charge in [0.15, 0.2) is 5.89 Å². The van der Waals surface area contributed by atoms with E-state index >= 15 is 0 Å². The van der Waals surface area contributed by atoms with Gasteiger partial charge in [-0.1, -0.05) is 23.7 Å². The van der Waals surface area contributed by atoms with Gasteiger partial charge in [0.1, 0.15) is 10.6 Å². The van der Waals surface area contributed by atoms with E-state index < -0.39 is 0 Å². The predicted octanol–water partition coefficient (Wildman–Crippen LogP) is 5.01. The van der Waals surface area contributed by atoms with E-state index in [9.17, 15) is 4.79 Å². The van der Waals surface area contributed by atoms with Gasteiger partial charge >= 0.3 is 0 Å². The summed E-state index contributed by atoms with van der Waals surface area (Å²) in [5.41, 5.74) is 1.90. The Bertz CT molecular complexity index is 997. The molecule has 1 unspecified atom stereocenters. The fourth-order valence-corrected chi connectivity index (χ4v) is 4.78. The van der Waals surface area contributed by atoms with Crippen LogP contribution in [-0.4, -0.2) is 33.9 Å². The normalized spacial score (nSPS) is 17.1. The van der Waals surface area contributed by atoms with Crippen LogP contribution < -0.4 is 0 Å². The van der Waals surface area contributed by atoms with Crippen LogP contribution in [0.4, 0.5) is 0 Å². The molecule has 0 N–H and O–H groups in total. The van der Waals surface area contributed by atoms with E-state index in [1.54, 1.807) is 6.20 Å². The van der Waals surface area contributed by atoms with Gasteiger partial charge in [-0.05, 0) is 44.4 Å². The van der Waals surface area contributed by atoms with Gasteiger partial charge in [0.25, 0.3) is 5.91 Å². The number of thiazole rings is 1. The summed E-state index contributed by atoms with van der Waals surface area (Å²) in [4.78, 5) is 24.5. The first-order valence-corrected chi connectivity index (χ1v) is 10.6. The van der Waals surface area contributed by atoms with Crippen molar-refractivity contribution in [2.75, 3.05) is 13.1 Å². The molecule has 0 spiro atoms. The fourth-order valence-electron chi connectivity index (χ4n) is 3.68. The predicted molar refractivity (Wildman–Crippen MR) is 110 cm³/mol. The van der Waals surface area contributed by atoms with Crippen molar-refractivity contribution in [3.8, 4) is 0 Å². The van der Waals surface area contributed by atoms with Crippen molar-refractivity contribution in [1.82, 2.24) is 14.9 Å². The van der Waals surface area contributed by atoms with Gasteiger partial charge in [-0.25, -0.2) is 9.97 Å². The molecular weight excluding hydrogens is 394 g/mol. The van der Waals surface area contributed by atoms with Crippen LogP contribution in [0.3, 0.4) is 0 Å². The number of nitrogens with zero attached hydrogens (tertiary/aromatic N) is 3. The van der Waals surface area contributed by atoms with Gasteiger partial charge in [0.05, 0.1) is 22.8 Å². The van der Waals surface area contributed by atoms with Gasteiger partial charge in [0, 0.05) is 24.5 Å². The number of likely N-dealkylation sites (tertiary alicyclic amines) is 1. The van der Waals surface area contributed by atoms with Gasteiger partial charge in [-0.2, -0.15) is 0 Å². The maximum absolute atomic E-state index is 12.9. The fraction of sp³-hybridized carbons (Fsp3) is 0.381. The van der Waals surface area contributed by atoms with Crippen LogP contribution in [0.15, 0.2) is 34.9 Å². The zero-order valence-electron chi connectivity index (χ0n) is 15.9. The molecule has 0 bridgehead atoms. The van der Waals surface area contributed by atoms with Crippen LogP contribution in [-0.2, 0) is 6.42 Å². The maximum atomic E-state index is 12.9. The van der Waals surface area contributed by atoms with Gasteiger partial charge in [-0.15, -0.1) is 11.3 Å². The number of amides is 1. The number of hydrogen-bond acceptors (Lipinski definition) is 5. The maximum Gasteiger partial charge on any atom is 0.265 e. The summed E-state index contributed by atoms with van der Waals surface area (Å²) >= 11 is 7.53. The number of rotatable bonds is 4. The summed E-state index contributed by atoms with van der Waals surface area (Å²) in [6.07, 6.45) is 4.36. The average Bonchev–Trinajstić information content (AvgIpc) is 3.27. The van der Waals surface area contributed by atoms with E-state index in [-0.39, 0.29) is 11.8 Å². The number of hydrogen-bond donors (Lipinski definition) is 0. The van der Waals surface area contributed by atoms with Gasteiger partial charge in [0.2, 0.25) is 0 Å². The minimum atomic E-state index is 0.0681. The lowest BCUT2D eigenvalue weighted by molar-refractivity contribution is 0.0702. The number of oxazole rings is 1. The third kappa shape index (κ3) is 4.13. The molecule has 0 radical (unpaired) electrons. The second kappa shape index (κ2) is 8.05. The molecule has 28 heavy (non-hydrogen) atoms. The van der Waals surface area contributed by atoms with Crippen LogP contribution in [0.5, 0.6) is 0 Å². The molecule has 5 nitrogen and oxygen atoms in total. The molecular formula is C21H22ClN3O2S. The smallest absolute Gasteiger partial charge is 0.265 e. The van der Waals surface area contributed by atoms with Crippen LogP contribution >= 0.6 is 22.9 Å². The van der Waals surface area contributed by atoms with Crippen molar-refractivity contribution in [3.05, 3.63) is 68.3 Å². The topological polar surface area (TPSA) is 59.2 Å². The monoisotopic (exact) mass is 415 g/mol. The highest BCUT2D eigenvalue weighted by Gasteiger charge is 2.30. The molecule has 0 aliphatic carbocycles. The quantitative estimate of drug-likeness (QED) is 0.600. The SMILES string of the molecule is Cc1nc(C)c(C(=O)N2CCCC(c3ncc(Cc4cccc(Cl)c4)o3)C2)s1. The van der Waals surface area contributed by atoms with E-state index in [0.29, 0.717) is 23.9 Å². The first-order chi connectivity index (χ1) is 13.5. The molecule has 1 amide bonds. The second-order valence-electron chi connectivity index (χ2n) is 7.21. The lowest BCUT2D eigenvalue weighted by Crippen LogP contribution is -2.39. The van der Waals surface area contributed by atoms with E-state index in [0.717, 1.165) is 46.3 Å². The molecule has 146 valence electrons. The summed E-state index contributed by atoms with van der Waals surface area (Å²) in [7, 11) is 0. The molecule has 2 aromatic heterocycles. The number of aromatic nitrogens is 2. The van der Waals surface area contributed by atoms with Crippen molar-refractivity contribution < 1.29 is 9.21 Å². The Balaban J connectivity index is 1.45. The Labute approximate surface area is 173 Å². The lowest BCUT2D eigenvalue weighted by atomic mass is 9.98. The highest BCUT2D eigenvalue weighted by Crippen LogP contribution is 2.29. The van der Waals surface area contributed by atoms with Gasteiger partial charge < -0.3 is 9.32 Å². The number of carbonyl (C=O) groups is 1. The Hall–Kier alpha value is -2.18. The summed E-state index contributed by atoms with van der Waals surface area (Å²) in [5, 5.41) is 1.64. The summed E-state index contributed by atoms with van der Waals surface area (Å²) in [5.74, 6) is 1.72. The zero-order chi connectivity index (χ0) is 19.7. The van der Waals surface area contributed by atoms with Gasteiger partial charge in [-0.3, -0.25) is 4.79 Å². The Morgan fingerprint density at radius 2 is 2.25 bits per heavy atom. The van der Waals surface area contributed by atoms with Crippen molar-refractivity contribution >= 4 is 28.8 Å². The summed E-state index contributed by atoms with van der Waals surface area (Å²) in [6.45, 7) is 5.23. The van der Waals surface area contributed by atoms with Crippen molar-refractivity contribution in [1.29, 1.82) is 0 Å². The third-order valence-corrected chi connectivity index (χ3v) is 6.29. The number of benzene rings is 1.